The number of rotatable bonds is 9. The number of aryl methyl sites for hydroxylation is 1. The summed E-state index contributed by atoms with van der Waals surface area (Å²) >= 11 is 3.04. The molecule has 0 radical (unpaired) electrons. The standard InChI is InChI=1S/C25H28N6OS2/c1-18-14-19(16-26-30-24(33-2)28-21-10-6-4-7-11-21)23(32)20(15-18)17-27-31-25(34-3)29-22-12-8-5-9-13-22/h4-17,24,28,30,32H,1-3H3,(H,29,31)/b26-16+,27-17+/t24-/m1/s1. The van der Waals surface area contributed by atoms with Crippen molar-refractivity contribution in [3.8, 4) is 5.75 Å². The van der Waals surface area contributed by atoms with Gasteiger partial charge in [-0.2, -0.15) is 10.2 Å². The molecule has 0 aliphatic heterocycles. The molecule has 3 rings (SSSR count). The minimum absolute atomic E-state index is 0.101. The molecule has 0 spiro atoms. The summed E-state index contributed by atoms with van der Waals surface area (Å²) in [5.41, 5.74) is 9.87. The molecule has 176 valence electrons. The fourth-order valence-corrected chi connectivity index (χ4v) is 3.69. The fraction of sp³-hybridized carbons (Fsp3) is 0.160. The Morgan fingerprint density at radius 1 is 0.912 bits per heavy atom. The van der Waals surface area contributed by atoms with Crippen LogP contribution in [0.4, 0.5) is 11.4 Å². The lowest BCUT2D eigenvalue weighted by atomic mass is 10.1. The largest absolute Gasteiger partial charge is 0.507 e. The number of hydrogen-bond donors (Lipinski definition) is 4. The van der Waals surface area contributed by atoms with Gasteiger partial charge in [-0.1, -0.05) is 48.2 Å². The van der Waals surface area contributed by atoms with Gasteiger partial charge in [0.15, 0.2) is 10.7 Å². The minimum Gasteiger partial charge on any atom is -0.507 e. The average Bonchev–Trinajstić information content (AvgIpc) is 2.86. The van der Waals surface area contributed by atoms with E-state index in [1.54, 1.807) is 24.2 Å². The number of thioether (sulfide) groups is 2. The Morgan fingerprint density at radius 3 is 2.15 bits per heavy atom. The molecule has 0 amide bonds. The monoisotopic (exact) mass is 492 g/mol. The molecule has 0 heterocycles. The second-order valence-electron chi connectivity index (χ2n) is 7.13. The summed E-state index contributed by atoms with van der Waals surface area (Å²) in [6, 6.07) is 23.3. The summed E-state index contributed by atoms with van der Waals surface area (Å²) in [6.45, 7) is 1.96. The van der Waals surface area contributed by atoms with Crippen LogP contribution in [0.1, 0.15) is 16.7 Å². The van der Waals surface area contributed by atoms with Crippen LogP contribution in [0.5, 0.6) is 5.75 Å². The molecule has 1 atom stereocenters. The number of hydrazone groups is 2. The van der Waals surface area contributed by atoms with Gasteiger partial charge < -0.3 is 10.4 Å². The average molecular weight is 493 g/mol. The Labute approximate surface area is 208 Å². The molecule has 3 aromatic carbocycles. The van der Waals surface area contributed by atoms with E-state index in [4.69, 9.17) is 0 Å². The van der Waals surface area contributed by atoms with Crippen molar-refractivity contribution < 1.29 is 5.11 Å². The quantitative estimate of drug-likeness (QED) is 0.139. The summed E-state index contributed by atoms with van der Waals surface area (Å²) in [4.78, 5) is 4.52. The van der Waals surface area contributed by atoms with Gasteiger partial charge in [-0.25, -0.2) is 4.99 Å². The first-order valence-electron chi connectivity index (χ1n) is 10.5. The Hall–Kier alpha value is -3.43. The number of hydrogen-bond acceptors (Lipinski definition) is 8. The van der Waals surface area contributed by atoms with Crippen LogP contribution >= 0.6 is 23.5 Å². The maximum Gasteiger partial charge on any atom is 0.182 e. The third kappa shape index (κ3) is 7.86. The van der Waals surface area contributed by atoms with E-state index in [0.717, 1.165) is 16.9 Å². The topological polar surface area (TPSA) is 93.4 Å². The van der Waals surface area contributed by atoms with Crippen molar-refractivity contribution >= 4 is 52.5 Å². The molecule has 0 aromatic heterocycles. The maximum absolute atomic E-state index is 10.7. The van der Waals surface area contributed by atoms with Gasteiger partial charge in [0.2, 0.25) is 0 Å². The Morgan fingerprint density at radius 2 is 1.53 bits per heavy atom. The van der Waals surface area contributed by atoms with Crippen molar-refractivity contribution in [1.82, 2.24) is 10.9 Å². The summed E-state index contributed by atoms with van der Waals surface area (Å²) < 4.78 is 0. The third-order valence-electron chi connectivity index (χ3n) is 4.56. The first-order chi connectivity index (χ1) is 16.6. The van der Waals surface area contributed by atoms with Gasteiger partial charge >= 0.3 is 0 Å². The third-order valence-corrected chi connectivity index (χ3v) is 5.82. The highest BCUT2D eigenvalue weighted by atomic mass is 32.2. The van der Waals surface area contributed by atoms with Crippen molar-refractivity contribution in [2.75, 3.05) is 17.8 Å². The van der Waals surface area contributed by atoms with E-state index in [1.807, 2.05) is 92.2 Å². The Kier molecular flexibility index (Phi) is 9.87. The lowest BCUT2D eigenvalue weighted by Crippen LogP contribution is -2.29. The molecule has 0 bridgehead atoms. The molecule has 3 aromatic rings. The van der Waals surface area contributed by atoms with Crippen LogP contribution in [-0.2, 0) is 0 Å². The van der Waals surface area contributed by atoms with Crippen molar-refractivity contribution in [1.29, 1.82) is 0 Å². The maximum atomic E-state index is 10.7. The number of phenols is 1. The molecule has 9 heteroatoms. The van der Waals surface area contributed by atoms with Crippen LogP contribution in [-0.4, -0.2) is 40.7 Å². The van der Waals surface area contributed by atoms with Gasteiger partial charge in [-0.05, 0) is 61.4 Å². The normalized spacial score (nSPS) is 12.7. The van der Waals surface area contributed by atoms with Crippen LogP contribution in [0.2, 0.25) is 0 Å². The first kappa shape index (κ1) is 25.2. The van der Waals surface area contributed by atoms with Crippen LogP contribution in [0.15, 0.2) is 88.0 Å². The SMILES string of the molecule is CSC(=Nc1ccccc1)N/N=C/c1cc(C)cc(/C=N/N[C@@H](Nc2ccccc2)SC)c1O. The van der Waals surface area contributed by atoms with E-state index in [2.05, 4.69) is 31.4 Å². The van der Waals surface area contributed by atoms with E-state index in [1.165, 1.54) is 11.8 Å². The molecule has 7 nitrogen and oxygen atoms in total. The molecule has 34 heavy (non-hydrogen) atoms. The van der Waals surface area contributed by atoms with Gasteiger partial charge in [0.25, 0.3) is 0 Å². The number of aromatic hydroxyl groups is 1. The summed E-state index contributed by atoms with van der Waals surface area (Å²) in [5, 5.41) is 23.3. The van der Waals surface area contributed by atoms with Gasteiger partial charge in [-0.15, -0.1) is 11.8 Å². The summed E-state index contributed by atoms with van der Waals surface area (Å²) in [6.07, 6.45) is 7.09. The molecule has 4 N–H and O–H groups in total. The van der Waals surface area contributed by atoms with Gasteiger partial charge in [0.05, 0.1) is 18.1 Å². The predicted octanol–water partition coefficient (Wildman–Crippen LogP) is 5.36. The molecule has 0 aliphatic rings. The lowest BCUT2D eigenvalue weighted by Gasteiger charge is -2.17. The minimum atomic E-state index is -0.121. The number of phenolic OH excluding ortho intramolecular Hbond substituents is 1. The van der Waals surface area contributed by atoms with E-state index < -0.39 is 0 Å². The van der Waals surface area contributed by atoms with Crippen LogP contribution in [0, 0.1) is 6.92 Å². The van der Waals surface area contributed by atoms with Crippen LogP contribution < -0.4 is 16.2 Å². The van der Waals surface area contributed by atoms with Crippen LogP contribution in [0.3, 0.4) is 0 Å². The van der Waals surface area contributed by atoms with Gasteiger partial charge in [-0.3, -0.25) is 10.9 Å². The highest BCUT2D eigenvalue weighted by molar-refractivity contribution is 8.13. The smallest absolute Gasteiger partial charge is 0.182 e. The molecule has 0 saturated heterocycles. The molecular weight excluding hydrogens is 464 g/mol. The second-order valence-corrected chi connectivity index (χ2v) is 8.87. The van der Waals surface area contributed by atoms with Crippen LogP contribution in [0.25, 0.3) is 0 Å². The number of anilines is 1. The van der Waals surface area contributed by atoms with Gasteiger partial charge in [0, 0.05) is 16.8 Å². The zero-order valence-corrected chi connectivity index (χ0v) is 20.9. The molecular formula is C25H28N6OS2. The van der Waals surface area contributed by atoms with E-state index >= 15 is 0 Å². The predicted molar refractivity (Wildman–Crippen MR) is 149 cm³/mol. The Balaban J connectivity index is 1.67. The number of amidine groups is 1. The molecule has 0 fully saturated rings. The van der Waals surface area contributed by atoms with E-state index in [0.29, 0.717) is 16.3 Å². The Bertz CT molecular complexity index is 1140. The summed E-state index contributed by atoms with van der Waals surface area (Å²) in [7, 11) is 0. The lowest BCUT2D eigenvalue weighted by molar-refractivity contribution is 0.473. The van der Waals surface area contributed by atoms with E-state index in [-0.39, 0.29) is 11.2 Å². The van der Waals surface area contributed by atoms with E-state index in [9.17, 15) is 5.11 Å². The molecule has 0 unspecified atom stereocenters. The van der Waals surface area contributed by atoms with Crippen molar-refractivity contribution in [2.45, 2.75) is 12.4 Å². The second kappa shape index (κ2) is 13.3. The highest BCUT2D eigenvalue weighted by Crippen LogP contribution is 2.22. The summed E-state index contributed by atoms with van der Waals surface area (Å²) in [5.74, 6) is 0.101. The zero-order valence-electron chi connectivity index (χ0n) is 19.3. The molecule has 0 aliphatic carbocycles. The number of nitrogens with zero attached hydrogens (tertiary/aromatic N) is 3. The highest BCUT2D eigenvalue weighted by Gasteiger charge is 2.07. The van der Waals surface area contributed by atoms with Crippen molar-refractivity contribution in [3.63, 3.8) is 0 Å². The fourth-order valence-electron chi connectivity index (χ4n) is 2.93. The van der Waals surface area contributed by atoms with Gasteiger partial charge in [0.1, 0.15) is 5.75 Å². The van der Waals surface area contributed by atoms with Crippen molar-refractivity contribution in [2.24, 2.45) is 15.2 Å². The zero-order chi connectivity index (χ0) is 24.2. The molecule has 0 saturated carbocycles. The number of nitrogens with one attached hydrogen (secondary N) is 3. The first-order valence-corrected chi connectivity index (χ1v) is 13.0. The van der Waals surface area contributed by atoms with Crippen molar-refractivity contribution in [3.05, 3.63) is 89.5 Å². The number of para-hydroxylation sites is 2. The number of benzene rings is 3. The number of aliphatic imine (C=N–C) groups is 1.